The van der Waals surface area contributed by atoms with E-state index in [1.807, 2.05) is 12.1 Å². The van der Waals surface area contributed by atoms with Gasteiger partial charge in [-0.05, 0) is 55.3 Å². The zero-order valence-electron chi connectivity index (χ0n) is 18.0. The second-order valence-corrected chi connectivity index (χ2v) is 8.66. The summed E-state index contributed by atoms with van der Waals surface area (Å²) >= 11 is 1.32. The Morgan fingerprint density at radius 3 is 2.15 bits per heavy atom. The molecule has 0 saturated heterocycles. The SMILES string of the molecule is CC(=O)Nc1ccc(NC(=O)CSc2cccc(NC(=O)C3CC=CCC3C(=O)O)c2)cc1. The third-order valence-electron chi connectivity index (χ3n) is 5.05. The van der Waals surface area contributed by atoms with E-state index in [1.54, 1.807) is 48.5 Å². The second-order valence-electron chi connectivity index (χ2n) is 7.61. The van der Waals surface area contributed by atoms with E-state index in [4.69, 9.17) is 0 Å². The van der Waals surface area contributed by atoms with Gasteiger partial charge in [0.15, 0.2) is 0 Å². The van der Waals surface area contributed by atoms with E-state index in [9.17, 15) is 24.3 Å². The highest BCUT2D eigenvalue weighted by molar-refractivity contribution is 8.00. The molecule has 9 heteroatoms. The zero-order chi connectivity index (χ0) is 23.8. The van der Waals surface area contributed by atoms with Crippen LogP contribution in [0.25, 0.3) is 0 Å². The first-order valence-corrected chi connectivity index (χ1v) is 11.4. The Balaban J connectivity index is 1.53. The molecule has 8 nitrogen and oxygen atoms in total. The number of amides is 3. The third-order valence-corrected chi connectivity index (χ3v) is 6.04. The first kappa shape index (κ1) is 24.1. The number of carbonyl (C=O) groups is 4. The molecule has 0 saturated carbocycles. The standard InChI is InChI=1S/C24H25N3O5S/c1-15(28)25-16-9-11-17(12-10-16)26-22(29)14-33-19-6-4-5-18(13-19)27-23(30)20-7-2-3-8-21(20)24(31)32/h2-6,9-13,20-21H,7-8,14H2,1H3,(H,25,28)(H,26,29)(H,27,30)(H,31,32). The molecule has 1 aliphatic carbocycles. The van der Waals surface area contributed by atoms with Crippen molar-refractivity contribution in [2.45, 2.75) is 24.7 Å². The molecule has 0 spiro atoms. The van der Waals surface area contributed by atoms with E-state index in [0.717, 1.165) is 4.90 Å². The summed E-state index contributed by atoms with van der Waals surface area (Å²) in [7, 11) is 0. The molecule has 2 aromatic rings. The number of thioether (sulfide) groups is 1. The lowest BCUT2D eigenvalue weighted by Crippen LogP contribution is -2.34. The molecule has 0 bridgehead atoms. The molecule has 2 atom stereocenters. The molecule has 0 fully saturated rings. The first-order chi connectivity index (χ1) is 15.8. The Hall–Kier alpha value is -3.59. The van der Waals surface area contributed by atoms with Crippen molar-refractivity contribution in [1.82, 2.24) is 0 Å². The fourth-order valence-electron chi connectivity index (χ4n) is 3.46. The number of carboxylic acid groups (broad SMARTS) is 1. The molecule has 0 heterocycles. The summed E-state index contributed by atoms with van der Waals surface area (Å²) in [5.74, 6) is -2.85. The third kappa shape index (κ3) is 7.21. The van der Waals surface area contributed by atoms with Gasteiger partial charge in [-0.15, -0.1) is 11.8 Å². The van der Waals surface area contributed by atoms with Gasteiger partial charge in [0.1, 0.15) is 0 Å². The van der Waals surface area contributed by atoms with Crippen LogP contribution in [0.4, 0.5) is 17.1 Å². The van der Waals surface area contributed by atoms with Crippen LogP contribution in [-0.4, -0.2) is 34.6 Å². The van der Waals surface area contributed by atoms with E-state index in [0.29, 0.717) is 29.9 Å². The van der Waals surface area contributed by atoms with E-state index < -0.39 is 17.8 Å². The number of hydrogen-bond acceptors (Lipinski definition) is 5. The predicted octanol–water partition coefficient (Wildman–Crippen LogP) is 3.98. The first-order valence-electron chi connectivity index (χ1n) is 10.4. The molecule has 1 aliphatic rings. The monoisotopic (exact) mass is 467 g/mol. The number of hydrogen-bond donors (Lipinski definition) is 4. The molecule has 172 valence electrons. The molecular weight excluding hydrogens is 442 g/mol. The lowest BCUT2D eigenvalue weighted by Gasteiger charge is -2.24. The molecule has 33 heavy (non-hydrogen) atoms. The van der Waals surface area contributed by atoms with Crippen molar-refractivity contribution in [3.05, 3.63) is 60.7 Å². The molecule has 0 aromatic heterocycles. The van der Waals surface area contributed by atoms with Gasteiger partial charge in [-0.25, -0.2) is 0 Å². The minimum atomic E-state index is -0.973. The molecule has 4 N–H and O–H groups in total. The van der Waals surface area contributed by atoms with Gasteiger partial charge in [0.2, 0.25) is 17.7 Å². The molecule has 2 aromatic carbocycles. The van der Waals surface area contributed by atoms with Crippen molar-refractivity contribution in [2.75, 3.05) is 21.7 Å². The quantitative estimate of drug-likeness (QED) is 0.344. The minimum Gasteiger partial charge on any atom is -0.481 e. The molecule has 2 unspecified atom stereocenters. The van der Waals surface area contributed by atoms with Gasteiger partial charge < -0.3 is 21.1 Å². The highest BCUT2D eigenvalue weighted by Gasteiger charge is 2.33. The van der Waals surface area contributed by atoms with Gasteiger partial charge in [-0.1, -0.05) is 18.2 Å². The number of rotatable bonds is 8. The fraction of sp³-hybridized carbons (Fsp3) is 0.250. The smallest absolute Gasteiger partial charge is 0.307 e. The Kier molecular flexibility index (Phi) is 8.26. The average molecular weight is 468 g/mol. The van der Waals surface area contributed by atoms with Crippen LogP contribution in [0.1, 0.15) is 19.8 Å². The maximum Gasteiger partial charge on any atom is 0.307 e. The minimum absolute atomic E-state index is 0.166. The van der Waals surface area contributed by atoms with Crippen molar-refractivity contribution >= 4 is 52.5 Å². The summed E-state index contributed by atoms with van der Waals surface area (Å²) in [5.41, 5.74) is 1.82. The highest BCUT2D eigenvalue weighted by Crippen LogP contribution is 2.28. The average Bonchev–Trinajstić information content (AvgIpc) is 2.79. The summed E-state index contributed by atoms with van der Waals surface area (Å²) < 4.78 is 0. The largest absolute Gasteiger partial charge is 0.481 e. The number of anilines is 3. The topological polar surface area (TPSA) is 125 Å². The number of allylic oxidation sites excluding steroid dienone is 2. The maximum atomic E-state index is 12.6. The van der Waals surface area contributed by atoms with Crippen LogP contribution < -0.4 is 16.0 Å². The number of benzene rings is 2. The van der Waals surface area contributed by atoms with Gasteiger partial charge in [0.25, 0.3) is 0 Å². The molecule has 3 rings (SSSR count). The van der Waals surface area contributed by atoms with Crippen molar-refractivity contribution in [2.24, 2.45) is 11.8 Å². The van der Waals surface area contributed by atoms with E-state index in [1.165, 1.54) is 18.7 Å². The Morgan fingerprint density at radius 2 is 1.52 bits per heavy atom. The lowest BCUT2D eigenvalue weighted by atomic mass is 9.82. The number of aliphatic carboxylic acids is 1. The van der Waals surface area contributed by atoms with Gasteiger partial charge >= 0.3 is 5.97 Å². The van der Waals surface area contributed by atoms with Crippen LogP contribution in [0.2, 0.25) is 0 Å². The van der Waals surface area contributed by atoms with Crippen LogP contribution in [0.3, 0.4) is 0 Å². The summed E-state index contributed by atoms with van der Waals surface area (Å²) in [6.45, 7) is 1.42. The molecule has 0 radical (unpaired) electrons. The predicted molar refractivity (Wildman–Crippen MR) is 128 cm³/mol. The van der Waals surface area contributed by atoms with Gasteiger partial charge in [0, 0.05) is 28.9 Å². The van der Waals surface area contributed by atoms with E-state index >= 15 is 0 Å². The highest BCUT2D eigenvalue weighted by atomic mass is 32.2. The number of carboxylic acids is 1. The molecule has 3 amide bonds. The van der Waals surface area contributed by atoms with Crippen LogP contribution in [0.15, 0.2) is 65.6 Å². The summed E-state index contributed by atoms with van der Waals surface area (Å²) in [5, 5.41) is 17.6. The molecule has 0 aliphatic heterocycles. The zero-order valence-corrected chi connectivity index (χ0v) is 18.9. The second kappa shape index (κ2) is 11.3. The number of carbonyl (C=O) groups excluding carboxylic acids is 3. The van der Waals surface area contributed by atoms with Crippen molar-refractivity contribution in [1.29, 1.82) is 0 Å². The Morgan fingerprint density at radius 1 is 0.879 bits per heavy atom. The normalized spacial score (nSPS) is 17.1. The number of nitrogens with one attached hydrogen (secondary N) is 3. The van der Waals surface area contributed by atoms with Gasteiger partial charge in [0.05, 0.1) is 17.6 Å². The van der Waals surface area contributed by atoms with Crippen LogP contribution in [0, 0.1) is 11.8 Å². The summed E-state index contributed by atoms with van der Waals surface area (Å²) in [4.78, 5) is 48.2. The van der Waals surface area contributed by atoms with E-state index in [2.05, 4.69) is 16.0 Å². The summed E-state index contributed by atoms with van der Waals surface area (Å²) in [6, 6.07) is 13.9. The van der Waals surface area contributed by atoms with Crippen molar-refractivity contribution < 1.29 is 24.3 Å². The fourth-order valence-corrected chi connectivity index (χ4v) is 4.22. The maximum absolute atomic E-state index is 12.6. The van der Waals surface area contributed by atoms with Crippen LogP contribution in [0.5, 0.6) is 0 Å². The van der Waals surface area contributed by atoms with Crippen LogP contribution in [-0.2, 0) is 19.2 Å². The summed E-state index contributed by atoms with van der Waals surface area (Å²) in [6.07, 6.45) is 4.36. The van der Waals surface area contributed by atoms with Crippen molar-refractivity contribution in [3.63, 3.8) is 0 Å². The Labute approximate surface area is 195 Å². The van der Waals surface area contributed by atoms with E-state index in [-0.39, 0.29) is 23.5 Å². The van der Waals surface area contributed by atoms with Gasteiger partial charge in [-0.3, -0.25) is 19.2 Å². The lowest BCUT2D eigenvalue weighted by molar-refractivity contribution is -0.146. The van der Waals surface area contributed by atoms with Gasteiger partial charge in [-0.2, -0.15) is 0 Å². The Bertz CT molecular complexity index is 1070. The van der Waals surface area contributed by atoms with Crippen LogP contribution >= 0.6 is 11.8 Å². The molecular formula is C24H25N3O5S. The van der Waals surface area contributed by atoms with Crippen molar-refractivity contribution in [3.8, 4) is 0 Å².